The normalized spacial score (nSPS) is 16.6. The zero-order chi connectivity index (χ0) is 24.1. The monoisotopic (exact) mass is 463 g/mol. The van der Waals surface area contributed by atoms with Crippen molar-refractivity contribution in [1.82, 2.24) is 15.1 Å². The van der Waals surface area contributed by atoms with Crippen LogP contribution in [0.3, 0.4) is 0 Å². The molecule has 1 N–H and O–H groups in total. The number of benzene rings is 2. The molecular formula is C27H33N3O4. The van der Waals surface area contributed by atoms with Crippen LogP contribution in [0.4, 0.5) is 0 Å². The van der Waals surface area contributed by atoms with Crippen molar-refractivity contribution in [3.63, 3.8) is 0 Å². The van der Waals surface area contributed by atoms with E-state index in [4.69, 9.17) is 4.74 Å². The summed E-state index contributed by atoms with van der Waals surface area (Å²) in [6, 6.07) is 12.2. The van der Waals surface area contributed by atoms with Crippen LogP contribution in [-0.2, 0) is 6.54 Å². The van der Waals surface area contributed by atoms with Crippen molar-refractivity contribution in [2.24, 2.45) is 0 Å². The number of ether oxygens (including phenoxy) is 1. The molecule has 7 heteroatoms. The Labute approximate surface area is 201 Å². The van der Waals surface area contributed by atoms with E-state index in [-0.39, 0.29) is 30.3 Å². The molecule has 34 heavy (non-hydrogen) atoms. The summed E-state index contributed by atoms with van der Waals surface area (Å²) in [7, 11) is 0. The molecule has 0 atom stereocenters. The molecule has 7 nitrogen and oxygen atoms in total. The van der Waals surface area contributed by atoms with Gasteiger partial charge in [-0.25, -0.2) is 0 Å². The number of carbonyl (C=O) groups excluding carboxylic acids is 3. The minimum absolute atomic E-state index is 0.106. The fourth-order valence-corrected chi connectivity index (χ4v) is 4.65. The molecule has 0 bridgehead atoms. The van der Waals surface area contributed by atoms with Crippen LogP contribution in [-0.4, -0.2) is 59.8 Å². The molecule has 1 saturated heterocycles. The fraction of sp³-hybridized carbons (Fsp3) is 0.444. The number of hydrogen-bond acceptors (Lipinski definition) is 5. The van der Waals surface area contributed by atoms with Gasteiger partial charge >= 0.3 is 0 Å². The third-order valence-electron chi connectivity index (χ3n) is 6.56. The van der Waals surface area contributed by atoms with Gasteiger partial charge in [-0.15, -0.1) is 0 Å². The van der Waals surface area contributed by atoms with Gasteiger partial charge in [-0.05, 0) is 62.6 Å². The fourth-order valence-electron chi connectivity index (χ4n) is 4.65. The predicted octanol–water partition coefficient (Wildman–Crippen LogP) is 3.88. The van der Waals surface area contributed by atoms with Gasteiger partial charge in [0.25, 0.3) is 17.7 Å². The summed E-state index contributed by atoms with van der Waals surface area (Å²) in [5.41, 5.74) is 1.98. The number of likely N-dealkylation sites (tertiary alicyclic amines) is 1. The van der Waals surface area contributed by atoms with Gasteiger partial charge in [0.1, 0.15) is 5.75 Å². The highest BCUT2D eigenvalue weighted by molar-refractivity contribution is 6.21. The zero-order valence-corrected chi connectivity index (χ0v) is 20.0. The molecule has 0 saturated carbocycles. The smallest absolute Gasteiger partial charge is 0.261 e. The highest BCUT2D eigenvalue weighted by atomic mass is 16.5. The number of fused-ring (bicyclic) bond motifs is 1. The lowest BCUT2D eigenvalue weighted by Crippen LogP contribution is -2.44. The van der Waals surface area contributed by atoms with Gasteiger partial charge in [0.2, 0.25) is 0 Å². The predicted molar refractivity (Wildman–Crippen MR) is 130 cm³/mol. The molecule has 1 fully saturated rings. The van der Waals surface area contributed by atoms with Crippen molar-refractivity contribution in [1.29, 1.82) is 0 Å². The first-order chi connectivity index (χ1) is 16.5. The van der Waals surface area contributed by atoms with E-state index in [0.717, 1.165) is 32.5 Å². The molecule has 0 unspecified atom stereocenters. The van der Waals surface area contributed by atoms with Crippen molar-refractivity contribution in [2.75, 3.05) is 26.2 Å². The number of unbranched alkanes of at least 4 members (excludes halogenated alkanes) is 1. The quantitative estimate of drug-likeness (QED) is 0.571. The van der Waals surface area contributed by atoms with Crippen LogP contribution in [0.2, 0.25) is 0 Å². The Kier molecular flexibility index (Phi) is 7.63. The first-order valence-corrected chi connectivity index (χ1v) is 12.3. The Morgan fingerprint density at radius 1 is 1.03 bits per heavy atom. The molecule has 2 aliphatic heterocycles. The summed E-state index contributed by atoms with van der Waals surface area (Å²) in [5.74, 6) is -0.295. The molecule has 2 aromatic rings. The van der Waals surface area contributed by atoms with Crippen LogP contribution < -0.4 is 10.1 Å². The average molecular weight is 464 g/mol. The average Bonchev–Trinajstić information content (AvgIpc) is 3.09. The van der Waals surface area contributed by atoms with Crippen LogP contribution in [0, 0.1) is 0 Å². The lowest BCUT2D eigenvalue weighted by atomic mass is 10.0. The SMILES string of the molecule is CCCCN1CCC(NC(=O)c2cc(CN3C(=O)c4ccccc4C3=O)ccc2OCC)CC1. The van der Waals surface area contributed by atoms with Crippen LogP contribution in [0.15, 0.2) is 42.5 Å². The highest BCUT2D eigenvalue weighted by Gasteiger charge is 2.35. The second kappa shape index (κ2) is 10.8. The molecule has 0 aliphatic carbocycles. The number of nitrogens with one attached hydrogen (secondary N) is 1. The number of amides is 3. The minimum atomic E-state index is -0.310. The summed E-state index contributed by atoms with van der Waals surface area (Å²) < 4.78 is 5.71. The number of piperidine rings is 1. The topological polar surface area (TPSA) is 79.0 Å². The van der Waals surface area contributed by atoms with E-state index in [1.165, 1.54) is 17.7 Å². The summed E-state index contributed by atoms with van der Waals surface area (Å²) in [5, 5.41) is 3.17. The van der Waals surface area contributed by atoms with Gasteiger partial charge in [-0.1, -0.05) is 31.5 Å². The van der Waals surface area contributed by atoms with Crippen LogP contribution in [0.25, 0.3) is 0 Å². The van der Waals surface area contributed by atoms with Crippen molar-refractivity contribution < 1.29 is 19.1 Å². The summed E-state index contributed by atoms with van der Waals surface area (Å²) in [6.45, 7) is 7.71. The maximum atomic E-state index is 13.2. The van der Waals surface area contributed by atoms with Gasteiger partial charge in [0.05, 0.1) is 29.8 Å². The largest absolute Gasteiger partial charge is 0.493 e. The van der Waals surface area contributed by atoms with E-state index in [9.17, 15) is 14.4 Å². The first kappa shape index (κ1) is 24.0. The molecule has 180 valence electrons. The van der Waals surface area contributed by atoms with Gasteiger partial charge in [-0.2, -0.15) is 0 Å². The molecular weight excluding hydrogens is 430 g/mol. The van der Waals surface area contributed by atoms with Crippen molar-refractivity contribution in [2.45, 2.75) is 52.1 Å². The Bertz CT molecular complexity index is 1020. The van der Waals surface area contributed by atoms with E-state index in [1.54, 1.807) is 42.5 Å². The van der Waals surface area contributed by atoms with E-state index in [2.05, 4.69) is 17.1 Å². The number of imide groups is 1. The molecule has 2 aliphatic rings. The number of nitrogens with zero attached hydrogens (tertiary/aromatic N) is 2. The molecule has 0 aromatic heterocycles. The van der Waals surface area contributed by atoms with Crippen LogP contribution in [0.1, 0.15) is 76.2 Å². The second-order valence-electron chi connectivity index (χ2n) is 8.95. The molecule has 0 spiro atoms. The Hall–Kier alpha value is -3.19. The van der Waals surface area contributed by atoms with Crippen LogP contribution in [0.5, 0.6) is 5.75 Å². The van der Waals surface area contributed by atoms with Crippen molar-refractivity contribution in [3.8, 4) is 5.75 Å². The van der Waals surface area contributed by atoms with E-state index in [1.807, 2.05) is 6.92 Å². The lowest BCUT2D eigenvalue weighted by Gasteiger charge is -2.32. The van der Waals surface area contributed by atoms with Gasteiger partial charge in [0.15, 0.2) is 0 Å². The number of hydrogen-bond donors (Lipinski definition) is 1. The summed E-state index contributed by atoms with van der Waals surface area (Å²) >= 11 is 0. The maximum absolute atomic E-state index is 13.2. The zero-order valence-electron chi connectivity index (χ0n) is 20.0. The lowest BCUT2D eigenvalue weighted by molar-refractivity contribution is 0.0642. The number of rotatable bonds is 9. The standard InChI is InChI=1S/C27H33N3O4/c1-3-5-14-29-15-12-20(13-16-29)28-25(31)23-17-19(10-11-24(23)34-4-2)18-30-26(32)21-8-6-7-9-22(21)27(30)33/h6-11,17,20H,3-5,12-16,18H2,1-2H3,(H,28,31). The summed E-state index contributed by atoms with van der Waals surface area (Å²) in [6.07, 6.45) is 4.24. The Morgan fingerprint density at radius 3 is 2.32 bits per heavy atom. The van der Waals surface area contributed by atoms with Gasteiger partial charge < -0.3 is 15.0 Å². The Morgan fingerprint density at radius 2 is 1.71 bits per heavy atom. The third kappa shape index (κ3) is 5.14. The minimum Gasteiger partial charge on any atom is -0.493 e. The Balaban J connectivity index is 1.46. The molecule has 2 heterocycles. The third-order valence-corrected chi connectivity index (χ3v) is 6.56. The number of carbonyl (C=O) groups is 3. The van der Waals surface area contributed by atoms with Gasteiger partial charge in [-0.3, -0.25) is 19.3 Å². The van der Waals surface area contributed by atoms with Crippen molar-refractivity contribution >= 4 is 17.7 Å². The van der Waals surface area contributed by atoms with E-state index in [0.29, 0.717) is 34.6 Å². The summed E-state index contributed by atoms with van der Waals surface area (Å²) in [4.78, 5) is 42.4. The second-order valence-corrected chi connectivity index (χ2v) is 8.95. The molecule has 3 amide bonds. The first-order valence-electron chi connectivity index (χ1n) is 12.3. The van der Waals surface area contributed by atoms with E-state index >= 15 is 0 Å². The molecule has 0 radical (unpaired) electrons. The molecule has 4 rings (SSSR count). The van der Waals surface area contributed by atoms with Gasteiger partial charge in [0, 0.05) is 19.1 Å². The van der Waals surface area contributed by atoms with Crippen molar-refractivity contribution in [3.05, 3.63) is 64.7 Å². The van der Waals surface area contributed by atoms with E-state index < -0.39 is 0 Å². The molecule has 2 aromatic carbocycles. The van der Waals surface area contributed by atoms with Crippen LogP contribution >= 0.6 is 0 Å². The maximum Gasteiger partial charge on any atom is 0.261 e. The highest BCUT2D eigenvalue weighted by Crippen LogP contribution is 2.27.